The van der Waals surface area contributed by atoms with Crippen LogP contribution in [0.3, 0.4) is 0 Å². The molecule has 0 aliphatic carbocycles. The first-order chi connectivity index (χ1) is 10.2. The van der Waals surface area contributed by atoms with Crippen LogP contribution in [0.25, 0.3) is 0 Å². The predicted octanol–water partition coefficient (Wildman–Crippen LogP) is 3.58. The van der Waals surface area contributed by atoms with Crippen LogP contribution in [0.4, 0.5) is 23.0 Å². The first-order valence-corrected chi connectivity index (χ1v) is 7.44. The van der Waals surface area contributed by atoms with Gasteiger partial charge in [0.15, 0.2) is 11.6 Å². The summed E-state index contributed by atoms with van der Waals surface area (Å²) in [5, 5.41) is 6.48. The van der Waals surface area contributed by atoms with Crippen LogP contribution in [-0.4, -0.2) is 16.5 Å². The maximum Gasteiger partial charge on any atom is 0.159 e. The molecule has 0 saturated heterocycles. The monoisotopic (exact) mass is 285 g/mol. The lowest BCUT2D eigenvalue weighted by Crippen LogP contribution is -2.09. The van der Waals surface area contributed by atoms with Gasteiger partial charge in [-0.1, -0.05) is 32.4 Å². The number of benzene rings is 1. The molecule has 2 rings (SSSR count). The first-order valence-electron chi connectivity index (χ1n) is 7.44. The van der Waals surface area contributed by atoms with Crippen LogP contribution in [0, 0.1) is 0 Å². The molecule has 0 atom stereocenters. The summed E-state index contributed by atoms with van der Waals surface area (Å²) in [6.07, 6.45) is 4.77. The first kappa shape index (κ1) is 15.1. The highest BCUT2D eigenvalue weighted by molar-refractivity contribution is 5.77. The van der Waals surface area contributed by atoms with E-state index in [4.69, 9.17) is 5.73 Å². The van der Waals surface area contributed by atoms with Gasteiger partial charge in [-0.3, -0.25) is 0 Å². The molecule has 0 aliphatic heterocycles. The molecule has 0 bridgehead atoms. The zero-order valence-corrected chi connectivity index (χ0v) is 12.7. The van der Waals surface area contributed by atoms with Crippen molar-refractivity contribution < 1.29 is 0 Å². The SMILES string of the molecule is CCCCNc1ncnc(Nc2ccc(CC)cc2)c1N. The minimum absolute atomic E-state index is 0.549. The molecule has 0 aliphatic rings. The average Bonchev–Trinajstić information content (AvgIpc) is 2.52. The maximum absolute atomic E-state index is 6.12. The summed E-state index contributed by atoms with van der Waals surface area (Å²) in [7, 11) is 0. The Bertz CT molecular complexity index is 565. The molecule has 21 heavy (non-hydrogen) atoms. The summed E-state index contributed by atoms with van der Waals surface area (Å²) in [4.78, 5) is 8.41. The van der Waals surface area contributed by atoms with E-state index in [0.717, 1.165) is 31.5 Å². The second-order valence-electron chi connectivity index (χ2n) is 4.94. The van der Waals surface area contributed by atoms with Crippen LogP contribution in [0.2, 0.25) is 0 Å². The van der Waals surface area contributed by atoms with E-state index in [0.29, 0.717) is 17.3 Å². The third kappa shape index (κ3) is 4.08. The number of hydrogen-bond acceptors (Lipinski definition) is 5. The summed E-state index contributed by atoms with van der Waals surface area (Å²) in [5.41, 5.74) is 8.94. The Morgan fingerprint density at radius 3 is 2.43 bits per heavy atom. The highest BCUT2D eigenvalue weighted by Gasteiger charge is 2.07. The molecule has 0 spiro atoms. The molecule has 0 radical (unpaired) electrons. The molecule has 112 valence electrons. The van der Waals surface area contributed by atoms with Gasteiger partial charge in [0.1, 0.15) is 12.0 Å². The van der Waals surface area contributed by atoms with Crippen molar-refractivity contribution >= 4 is 23.0 Å². The fourth-order valence-electron chi connectivity index (χ4n) is 1.98. The number of hydrogen-bond donors (Lipinski definition) is 3. The van der Waals surface area contributed by atoms with Gasteiger partial charge in [-0.05, 0) is 30.5 Å². The predicted molar refractivity (Wildman–Crippen MR) is 88.9 cm³/mol. The molecular weight excluding hydrogens is 262 g/mol. The van der Waals surface area contributed by atoms with Gasteiger partial charge < -0.3 is 16.4 Å². The second-order valence-corrected chi connectivity index (χ2v) is 4.94. The molecule has 1 heterocycles. The molecule has 4 N–H and O–H groups in total. The second kappa shape index (κ2) is 7.47. The molecule has 1 aromatic carbocycles. The summed E-state index contributed by atoms with van der Waals surface area (Å²) < 4.78 is 0. The summed E-state index contributed by atoms with van der Waals surface area (Å²) in [6, 6.07) is 8.26. The van der Waals surface area contributed by atoms with Crippen molar-refractivity contribution in [1.82, 2.24) is 9.97 Å². The fourth-order valence-corrected chi connectivity index (χ4v) is 1.98. The van der Waals surface area contributed by atoms with E-state index >= 15 is 0 Å². The van der Waals surface area contributed by atoms with Gasteiger partial charge in [-0.25, -0.2) is 9.97 Å². The Kier molecular flexibility index (Phi) is 5.37. The third-order valence-electron chi connectivity index (χ3n) is 3.33. The lowest BCUT2D eigenvalue weighted by atomic mass is 10.1. The smallest absolute Gasteiger partial charge is 0.159 e. The van der Waals surface area contributed by atoms with Crippen LogP contribution in [0.5, 0.6) is 0 Å². The van der Waals surface area contributed by atoms with Gasteiger partial charge in [0.25, 0.3) is 0 Å². The molecule has 0 saturated carbocycles. The van der Waals surface area contributed by atoms with Gasteiger partial charge in [0, 0.05) is 12.2 Å². The third-order valence-corrected chi connectivity index (χ3v) is 3.33. The number of nitrogens with one attached hydrogen (secondary N) is 2. The van der Waals surface area contributed by atoms with E-state index in [-0.39, 0.29) is 0 Å². The summed E-state index contributed by atoms with van der Waals surface area (Å²) in [6.45, 7) is 5.15. The summed E-state index contributed by atoms with van der Waals surface area (Å²) in [5.74, 6) is 1.32. The minimum atomic E-state index is 0.549. The van der Waals surface area contributed by atoms with Crippen molar-refractivity contribution in [3.63, 3.8) is 0 Å². The zero-order valence-electron chi connectivity index (χ0n) is 12.7. The maximum atomic E-state index is 6.12. The topological polar surface area (TPSA) is 75.9 Å². The number of aryl methyl sites for hydroxylation is 1. The van der Waals surface area contributed by atoms with E-state index in [1.54, 1.807) is 0 Å². The Morgan fingerprint density at radius 2 is 1.76 bits per heavy atom. The van der Waals surface area contributed by atoms with Crippen molar-refractivity contribution in [3.05, 3.63) is 36.2 Å². The minimum Gasteiger partial charge on any atom is -0.393 e. The van der Waals surface area contributed by atoms with Gasteiger partial charge in [0.2, 0.25) is 0 Å². The summed E-state index contributed by atoms with van der Waals surface area (Å²) >= 11 is 0. The number of rotatable bonds is 7. The molecule has 2 aromatic rings. The Morgan fingerprint density at radius 1 is 1.05 bits per heavy atom. The average molecular weight is 285 g/mol. The quantitative estimate of drug-likeness (QED) is 0.678. The van der Waals surface area contributed by atoms with Crippen LogP contribution in [0.1, 0.15) is 32.3 Å². The molecule has 0 fully saturated rings. The molecule has 5 heteroatoms. The largest absolute Gasteiger partial charge is 0.393 e. The van der Waals surface area contributed by atoms with Crippen molar-refractivity contribution in [3.8, 4) is 0 Å². The number of unbranched alkanes of at least 4 members (excludes halogenated alkanes) is 1. The number of aromatic nitrogens is 2. The number of nitrogens with zero attached hydrogens (tertiary/aromatic N) is 2. The van der Waals surface area contributed by atoms with Gasteiger partial charge >= 0.3 is 0 Å². The lowest BCUT2D eigenvalue weighted by molar-refractivity contribution is 0.831. The fraction of sp³-hybridized carbons (Fsp3) is 0.375. The van der Waals surface area contributed by atoms with Crippen LogP contribution >= 0.6 is 0 Å². The van der Waals surface area contributed by atoms with E-state index in [2.05, 4.69) is 46.6 Å². The van der Waals surface area contributed by atoms with Crippen molar-refractivity contribution in [2.24, 2.45) is 0 Å². The van der Waals surface area contributed by atoms with Gasteiger partial charge in [-0.2, -0.15) is 0 Å². The van der Waals surface area contributed by atoms with E-state index < -0.39 is 0 Å². The zero-order chi connectivity index (χ0) is 15.1. The highest BCUT2D eigenvalue weighted by Crippen LogP contribution is 2.25. The Balaban J connectivity index is 2.10. The van der Waals surface area contributed by atoms with Crippen LogP contribution in [0.15, 0.2) is 30.6 Å². The molecular formula is C16H23N5. The normalized spacial score (nSPS) is 10.4. The van der Waals surface area contributed by atoms with Gasteiger partial charge in [0.05, 0.1) is 0 Å². The van der Waals surface area contributed by atoms with Crippen LogP contribution in [-0.2, 0) is 6.42 Å². The number of nitrogen functional groups attached to an aromatic ring is 1. The number of nitrogens with two attached hydrogens (primary N) is 1. The van der Waals surface area contributed by atoms with Crippen molar-refractivity contribution in [2.75, 3.05) is 22.9 Å². The van der Waals surface area contributed by atoms with E-state index in [1.165, 1.54) is 11.9 Å². The van der Waals surface area contributed by atoms with Crippen molar-refractivity contribution in [1.29, 1.82) is 0 Å². The highest BCUT2D eigenvalue weighted by atomic mass is 15.1. The Labute approximate surface area is 126 Å². The van der Waals surface area contributed by atoms with Gasteiger partial charge in [-0.15, -0.1) is 0 Å². The molecule has 1 aromatic heterocycles. The molecule has 5 nitrogen and oxygen atoms in total. The standard InChI is InChI=1S/C16H23N5/c1-3-5-10-18-15-14(17)16(20-11-19-15)21-13-8-6-12(4-2)7-9-13/h6-9,11H,3-5,10,17H2,1-2H3,(H2,18,19,20,21). The van der Waals surface area contributed by atoms with Crippen molar-refractivity contribution in [2.45, 2.75) is 33.1 Å². The van der Waals surface area contributed by atoms with E-state index in [9.17, 15) is 0 Å². The lowest BCUT2D eigenvalue weighted by Gasteiger charge is -2.12. The number of anilines is 4. The molecule has 0 amide bonds. The van der Waals surface area contributed by atoms with E-state index in [1.807, 2.05) is 12.1 Å². The Hall–Kier alpha value is -2.30. The molecule has 0 unspecified atom stereocenters. The van der Waals surface area contributed by atoms with Crippen LogP contribution < -0.4 is 16.4 Å².